The van der Waals surface area contributed by atoms with E-state index >= 15 is 0 Å². The molecular weight excluding hydrogens is 290 g/mol. The van der Waals surface area contributed by atoms with Crippen LogP contribution in [0.15, 0.2) is 35.2 Å². The fourth-order valence-electron chi connectivity index (χ4n) is 2.10. The van der Waals surface area contributed by atoms with E-state index in [4.69, 9.17) is 0 Å². The third-order valence-corrected chi connectivity index (χ3v) is 3.77. The molecule has 0 atom stereocenters. The van der Waals surface area contributed by atoms with E-state index in [9.17, 15) is 14.4 Å². The van der Waals surface area contributed by atoms with Crippen LogP contribution in [0.3, 0.4) is 0 Å². The molecule has 1 aliphatic rings. The van der Waals surface area contributed by atoms with Crippen LogP contribution in [0.5, 0.6) is 0 Å². The number of fused-ring (bicyclic) bond motifs is 1. The summed E-state index contributed by atoms with van der Waals surface area (Å²) in [6.45, 7) is 0.00197. The number of aromatic nitrogens is 1. The Bertz CT molecular complexity index is 677. The van der Waals surface area contributed by atoms with Gasteiger partial charge in [0.1, 0.15) is 6.54 Å². The van der Waals surface area contributed by atoms with Gasteiger partial charge in [-0.3, -0.25) is 19.3 Å². The highest BCUT2D eigenvalue weighted by atomic mass is 32.1. The molecule has 0 aliphatic carbocycles. The van der Waals surface area contributed by atoms with Gasteiger partial charge in [0, 0.05) is 5.38 Å². The van der Waals surface area contributed by atoms with Crippen molar-refractivity contribution in [3.8, 4) is 0 Å². The third-order valence-electron chi connectivity index (χ3n) is 3.13. The Morgan fingerprint density at radius 1 is 1.19 bits per heavy atom. The van der Waals surface area contributed by atoms with E-state index in [1.807, 2.05) is 5.38 Å². The van der Waals surface area contributed by atoms with Crippen LogP contribution in [0.4, 0.5) is 0 Å². The highest BCUT2D eigenvalue weighted by Crippen LogP contribution is 2.21. The van der Waals surface area contributed by atoms with Crippen molar-refractivity contribution in [1.29, 1.82) is 0 Å². The second-order valence-electron chi connectivity index (χ2n) is 4.50. The number of imide groups is 1. The number of hydrogen-bond donors (Lipinski definition) is 1. The summed E-state index contributed by atoms with van der Waals surface area (Å²) in [4.78, 5) is 41.0. The zero-order chi connectivity index (χ0) is 14.8. The second kappa shape index (κ2) is 5.45. The molecule has 7 heteroatoms. The fourth-order valence-corrected chi connectivity index (χ4v) is 2.65. The number of thiazole rings is 1. The molecule has 1 N–H and O–H groups in total. The Kier molecular flexibility index (Phi) is 3.49. The maximum atomic E-state index is 12.1. The van der Waals surface area contributed by atoms with Gasteiger partial charge in [0.25, 0.3) is 11.8 Å². The largest absolute Gasteiger partial charge is 0.349 e. The standard InChI is InChI=1S/C14H11N3O3S/c18-12(15-5-9-7-21-8-16-9)6-17-13(19)10-3-1-2-4-11(10)14(17)20/h1-4,7-8H,5-6H2,(H,15,18). The van der Waals surface area contributed by atoms with Crippen LogP contribution >= 0.6 is 11.3 Å². The molecule has 1 aliphatic heterocycles. The Labute approximate surface area is 124 Å². The molecule has 6 nitrogen and oxygen atoms in total. The van der Waals surface area contributed by atoms with E-state index in [2.05, 4.69) is 10.3 Å². The predicted octanol–water partition coefficient (Wildman–Crippen LogP) is 1.06. The van der Waals surface area contributed by atoms with Crippen LogP contribution in [0.1, 0.15) is 26.4 Å². The van der Waals surface area contributed by atoms with E-state index in [0.29, 0.717) is 11.1 Å². The zero-order valence-electron chi connectivity index (χ0n) is 10.9. The lowest BCUT2D eigenvalue weighted by atomic mass is 10.1. The lowest BCUT2D eigenvalue weighted by molar-refractivity contribution is -0.121. The summed E-state index contributed by atoms with van der Waals surface area (Å²) < 4.78 is 0. The first-order chi connectivity index (χ1) is 10.2. The number of nitrogens with zero attached hydrogens (tertiary/aromatic N) is 2. The van der Waals surface area contributed by atoms with Crippen molar-refractivity contribution in [1.82, 2.24) is 15.2 Å². The number of amides is 3. The minimum absolute atomic E-state index is 0.281. The number of hydrogen-bond acceptors (Lipinski definition) is 5. The molecule has 1 aromatic heterocycles. The average molecular weight is 301 g/mol. The average Bonchev–Trinajstić information content (AvgIpc) is 3.09. The summed E-state index contributed by atoms with van der Waals surface area (Å²) in [6, 6.07) is 6.55. The Balaban J connectivity index is 1.65. The van der Waals surface area contributed by atoms with Crippen molar-refractivity contribution in [3.63, 3.8) is 0 Å². The molecule has 3 amide bonds. The first-order valence-corrected chi connectivity index (χ1v) is 7.20. The van der Waals surface area contributed by atoms with E-state index in [1.54, 1.807) is 29.8 Å². The van der Waals surface area contributed by atoms with Crippen LogP contribution in [0, 0.1) is 0 Å². The van der Waals surface area contributed by atoms with E-state index in [1.165, 1.54) is 11.3 Å². The Morgan fingerprint density at radius 3 is 2.43 bits per heavy atom. The molecule has 0 unspecified atom stereocenters. The van der Waals surface area contributed by atoms with Gasteiger partial charge in [-0.2, -0.15) is 0 Å². The smallest absolute Gasteiger partial charge is 0.262 e. The summed E-state index contributed by atoms with van der Waals surface area (Å²) in [5.41, 5.74) is 3.10. The molecule has 106 valence electrons. The summed E-state index contributed by atoms with van der Waals surface area (Å²) in [6.07, 6.45) is 0. The van der Waals surface area contributed by atoms with Gasteiger partial charge >= 0.3 is 0 Å². The van der Waals surface area contributed by atoms with Gasteiger partial charge in [-0.1, -0.05) is 12.1 Å². The van der Waals surface area contributed by atoms with Crippen molar-refractivity contribution in [2.24, 2.45) is 0 Å². The van der Waals surface area contributed by atoms with E-state index < -0.39 is 17.7 Å². The van der Waals surface area contributed by atoms with Crippen LogP contribution in [0.2, 0.25) is 0 Å². The van der Waals surface area contributed by atoms with Gasteiger partial charge in [-0.15, -0.1) is 11.3 Å². The van der Waals surface area contributed by atoms with Crippen LogP contribution in [-0.2, 0) is 11.3 Å². The van der Waals surface area contributed by atoms with Crippen LogP contribution < -0.4 is 5.32 Å². The lowest BCUT2D eigenvalue weighted by Crippen LogP contribution is -2.40. The number of nitrogens with one attached hydrogen (secondary N) is 1. The summed E-state index contributed by atoms with van der Waals surface area (Å²) >= 11 is 1.44. The molecule has 0 fully saturated rings. The van der Waals surface area contributed by atoms with Gasteiger partial charge in [0.05, 0.1) is 28.9 Å². The first-order valence-electron chi connectivity index (χ1n) is 6.26. The molecule has 2 aromatic rings. The van der Waals surface area contributed by atoms with Crippen molar-refractivity contribution >= 4 is 29.1 Å². The molecular formula is C14H11N3O3S. The Hall–Kier alpha value is -2.54. The Morgan fingerprint density at radius 2 is 1.86 bits per heavy atom. The zero-order valence-corrected chi connectivity index (χ0v) is 11.7. The number of rotatable bonds is 4. The summed E-state index contributed by atoms with van der Waals surface area (Å²) in [7, 11) is 0. The maximum absolute atomic E-state index is 12.1. The van der Waals surface area contributed by atoms with Gasteiger partial charge in [0.2, 0.25) is 5.91 Å². The van der Waals surface area contributed by atoms with Gasteiger partial charge in [-0.25, -0.2) is 4.98 Å². The lowest BCUT2D eigenvalue weighted by Gasteiger charge is -2.13. The van der Waals surface area contributed by atoms with E-state index in [-0.39, 0.29) is 13.1 Å². The monoisotopic (exact) mass is 301 g/mol. The molecule has 21 heavy (non-hydrogen) atoms. The molecule has 1 aromatic carbocycles. The van der Waals surface area contributed by atoms with Crippen LogP contribution in [-0.4, -0.2) is 34.2 Å². The number of benzene rings is 1. The molecule has 2 heterocycles. The molecule has 3 rings (SSSR count). The summed E-state index contributed by atoms with van der Waals surface area (Å²) in [5.74, 6) is -1.25. The van der Waals surface area contributed by atoms with Gasteiger partial charge in [-0.05, 0) is 12.1 Å². The van der Waals surface area contributed by atoms with Crippen molar-refractivity contribution < 1.29 is 14.4 Å². The van der Waals surface area contributed by atoms with Gasteiger partial charge < -0.3 is 5.32 Å². The highest BCUT2D eigenvalue weighted by molar-refractivity contribution is 7.07. The first kappa shape index (κ1) is 13.4. The van der Waals surface area contributed by atoms with Crippen molar-refractivity contribution in [2.45, 2.75) is 6.54 Å². The SMILES string of the molecule is O=C(CN1C(=O)c2ccccc2C1=O)NCc1cscn1. The quantitative estimate of drug-likeness (QED) is 0.856. The minimum Gasteiger partial charge on any atom is -0.349 e. The normalized spacial score (nSPS) is 13.4. The number of carbonyl (C=O) groups is 3. The topological polar surface area (TPSA) is 79.4 Å². The van der Waals surface area contributed by atoms with E-state index in [0.717, 1.165) is 10.6 Å². The minimum atomic E-state index is -0.431. The highest BCUT2D eigenvalue weighted by Gasteiger charge is 2.36. The number of carbonyl (C=O) groups excluding carboxylic acids is 3. The van der Waals surface area contributed by atoms with Gasteiger partial charge in [0.15, 0.2) is 0 Å². The molecule has 0 bridgehead atoms. The van der Waals surface area contributed by atoms with Crippen LogP contribution in [0.25, 0.3) is 0 Å². The fraction of sp³-hybridized carbons (Fsp3) is 0.143. The summed E-state index contributed by atoms with van der Waals surface area (Å²) in [5, 5.41) is 4.46. The molecule has 0 radical (unpaired) electrons. The molecule has 0 spiro atoms. The second-order valence-corrected chi connectivity index (χ2v) is 5.22. The third kappa shape index (κ3) is 2.55. The van der Waals surface area contributed by atoms with Crippen molar-refractivity contribution in [2.75, 3.05) is 6.54 Å². The van der Waals surface area contributed by atoms with Crippen molar-refractivity contribution in [3.05, 3.63) is 52.0 Å². The molecule has 0 saturated heterocycles. The molecule has 0 saturated carbocycles. The predicted molar refractivity (Wildman–Crippen MR) is 75.8 cm³/mol. The maximum Gasteiger partial charge on any atom is 0.262 e.